The molecule has 6 heteroatoms. The molecule has 0 spiro atoms. The number of para-hydroxylation sites is 1. The molecule has 0 unspecified atom stereocenters. The molecule has 1 N–H and O–H groups in total. The van der Waals surface area contributed by atoms with Crippen LogP contribution in [0.3, 0.4) is 0 Å². The van der Waals surface area contributed by atoms with Crippen molar-refractivity contribution in [1.29, 1.82) is 0 Å². The van der Waals surface area contributed by atoms with Crippen LogP contribution in [0.25, 0.3) is 0 Å². The first-order valence-electron chi connectivity index (χ1n) is 9.48. The zero-order chi connectivity index (χ0) is 17.9. The fourth-order valence-electron chi connectivity index (χ4n) is 3.76. The van der Waals surface area contributed by atoms with Gasteiger partial charge in [0.15, 0.2) is 5.13 Å². The number of carbonyl (C=O) groups is 1. The first kappa shape index (κ1) is 17.5. The number of piperazine rings is 1. The van der Waals surface area contributed by atoms with Crippen LogP contribution in [-0.4, -0.2) is 48.5 Å². The highest BCUT2D eigenvalue weighted by Gasteiger charge is 2.22. The molecule has 1 aliphatic heterocycles. The van der Waals surface area contributed by atoms with Crippen molar-refractivity contribution in [3.63, 3.8) is 0 Å². The Kier molecular flexibility index (Phi) is 5.22. The van der Waals surface area contributed by atoms with Crippen molar-refractivity contribution in [2.24, 2.45) is 5.92 Å². The second-order valence-electron chi connectivity index (χ2n) is 7.38. The molecule has 4 rings (SSSR count). The van der Waals surface area contributed by atoms with Crippen LogP contribution in [-0.2, 0) is 17.6 Å². The highest BCUT2D eigenvalue weighted by molar-refractivity contribution is 7.15. The highest BCUT2D eigenvalue weighted by Crippen LogP contribution is 2.32. The van der Waals surface area contributed by atoms with Crippen LogP contribution < -0.4 is 10.2 Å². The fraction of sp³-hybridized carbons (Fsp3) is 0.500. The summed E-state index contributed by atoms with van der Waals surface area (Å²) in [6, 6.07) is 10.5. The molecule has 1 saturated heterocycles. The van der Waals surface area contributed by atoms with Crippen LogP contribution >= 0.6 is 11.3 Å². The lowest BCUT2D eigenvalue weighted by Gasteiger charge is -2.35. The Balaban J connectivity index is 1.27. The lowest BCUT2D eigenvalue weighted by molar-refractivity contribution is -0.117. The molecule has 0 bridgehead atoms. The van der Waals surface area contributed by atoms with Gasteiger partial charge in [0.25, 0.3) is 0 Å². The minimum absolute atomic E-state index is 0.0531. The predicted octanol–water partition coefficient (Wildman–Crippen LogP) is 3.03. The van der Waals surface area contributed by atoms with Crippen molar-refractivity contribution in [3.05, 3.63) is 40.9 Å². The molecule has 2 aromatic rings. The Morgan fingerprint density at radius 3 is 2.77 bits per heavy atom. The van der Waals surface area contributed by atoms with E-state index in [4.69, 9.17) is 0 Å². The summed E-state index contributed by atoms with van der Waals surface area (Å²) in [4.78, 5) is 23.0. The molecular formula is C20H26N4OS. The molecule has 138 valence electrons. The second kappa shape index (κ2) is 7.76. The van der Waals surface area contributed by atoms with Crippen LogP contribution in [0.15, 0.2) is 30.3 Å². The number of thiazole rings is 1. The fourth-order valence-corrected chi connectivity index (χ4v) is 4.95. The first-order chi connectivity index (χ1) is 12.7. The van der Waals surface area contributed by atoms with Crippen molar-refractivity contribution in [2.45, 2.75) is 26.2 Å². The van der Waals surface area contributed by atoms with Gasteiger partial charge < -0.3 is 10.2 Å². The van der Waals surface area contributed by atoms with Gasteiger partial charge in [-0.15, -0.1) is 11.3 Å². The Morgan fingerprint density at radius 1 is 1.23 bits per heavy atom. The Hall–Kier alpha value is -1.92. The number of nitrogens with zero attached hydrogens (tertiary/aromatic N) is 3. The van der Waals surface area contributed by atoms with Crippen LogP contribution in [0.1, 0.15) is 23.9 Å². The second-order valence-corrected chi connectivity index (χ2v) is 8.47. The Bertz CT molecular complexity index is 752. The monoisotopic (exact) mass is 370 g/mol. The van der Waals surface area contributed by atoms with Crippen LogP contribution in [0.4, 0.5) is 10.8 Å². The molecule has 2 heterocycles. The van der Waals surface area contributed by atoms with E-state index in [2.05, 4.69) is 51.3 Å². The van der Waals surface area contributed by atoms with Crippen LogP contribution in [0.2, 0.25) is 0 Å². The maximum atomic E-state index is 12.4. The van der Waals surface area contributed by atoms with E-state index in [0.717, 1.165) is 50.1 Å². The highest BCUT2D eigenvalue weighted by atomic mass is 32.1. The molecule has 1 aromatic heterocycles. The van der Waals surface area contributed by atoms with Gasteiger partial charge in [0, 0.05) is 36.7 Å². The number of benzene rings is 1. The molecule has 0 radical (unpaired) electrons. The van der Waals surface area contributed by atoms with E-state index >= 15 is 0 Å². The summed E-state index contributed by atoms with van der Waals surface area (Å²) in [5.74, 6) is 0.782. The third-order valence-electron chi connectivity index (χ3n) is 5.29. The quantitative estimate of drug-likeness (QED) is 0.899. The SMILES string of the molecule is C[C@H]1CCc2nc(NC(=O)CN3CCN(c4ccccc4)CC3)sc2C1. The molecule has 5 nitrogen and oxygen atoms in total. The Morgan fingerprint density at radius 2 is 2.00 bits per heavy atom. The van der Waals surface area contributed by atoms with Crippen molar-refractivity contribution in [3.8, 4) is 0 Å². The van der Waals surface area contributed by atoms with E-state index in [-0.39, 0.29) is 5.91 Å². The van der Waals surface area contributed by atoms with E-state index in [1.807, 2.05) is 6.07 Å². The number of aromatic nitrogens is 1. The maximum Gasteiger partial charge on any atom is 0.240 e. The average molecular weight is 371 g/mol. The number of carbonyl (C=O) groups excluding carboxylic acids is 1. The summed E-state index contributed by atoms with van der Waals surface area (Å²) in [6.45, 7) is 6.48. The van der Waals surface area contributed by atoms with E-state index in [0.29, 0.717) is 6.54 Å². The van der Waals surface area contributed by atoms with E-state index in [9.17, 15) is 4.79 Å². The number of aryl methyl sites for hydroxylation is 1. The summed E-state index contributed by atoms with van der Waals surface area (Å²) < 4.78 is 0. The van der Waals surface area contributed by atoms with Crippen molar-refractivity contribution in [1.82, 2.24) is 9.88 Å². The zero-order valence-corrected chi connectivity index (χ0v) is 16.1. The predicted molar refractivity (Wildman–Crippen MR) is 107 cm³/mol. The molecule has 1 fully saturated rings. The number of nitrogens with one attached hydrogen (secondary N) is 1. The molecule has 1 aromatic carbocycles. The minimum atomic E-state index is 0.0531. The number of fused-ring (bicyclic) bond motifs is 1. The van der Waals surface area contributed by atoms with Gasteiger partial charge in [-0.2, -0.15) is 0 Å². The third kappa shape index (κ3) is 4.07. The molecule has 26 heavy (non-hydrogen) atoms. The van der Waals surface area contributed by atoms with Crippen LogP contribution in [0, 0.1) is 5.92 Å². The molecule has 0 saturated carbocycles. The summed E-state index contributed by atoms with van der Waals surface area (Å²) in [6.07, 6.45) is 3.35. The van der Waals surface area contributed by atoms with Gasteiger partial charge in [-0.05, 0) is 37.3 Å². The maximum absolute atomic E-state index is 12.4. The molecule has 1 aliphatic carbocycles. The van der Waals surface area contributed by atoms with Crippen molar-refractivity contribution in [2.75, 3.05) is 42.9 Å². The standard InChI is InChI=1S/C20H26N4OS/c1-15-7-8-17-18(13-15)26-20(21-17)22-19(25)14-23-9-11-24(12-10-23)16-5-3-2-4-6-16/h2-6,15H,7-14H2,1H3,(H,21,22,25)/t15-/m0/s1. The van der Waals surface area contributed by atoms with Gasteiger partial charge in [-0.1, -0.05) is 25.1 Å². The third-order valence-corrected chi connectivity index (χ3v) is 6.33. The zero-order valence-electron chi connectivity index (χ0n) is 15.3. The van der Waals surface area contributed by atoms with Gasteiger partial charge >= 0.3 is 0 Å². The number of amides is 1. The van der Waals surface area contributed by atoms with Gasteiger partial charge in [-0.3, -0.25) is 9.69 Å². The summed E-state index contributed by atoms with van der Waals surface area (Å²) in [7, 11) is 0. The lowest BCUT2D eigenvalue weighted by Crippen LogP contribution is -2.48. The van der Waals surface area contributed by atoms with Crippen molar-refractivity contribution < 1.29 is 4.79 Å². The molecule has 1 amide bonds. The summed E-state index contributed by atoms with van der Waals surface area (Å²) in [5, 5.41) is 3.79. The summed E-state index contributed by atoms with van der Waals surface area (Å²) in [5.41, 5.74) is 2.46. The Labute approximate surface area is 159 Å². The topological polar surface area (TPSA) is 48.5 Å². The smallest absolute Gasteiger partial charge is 0.240 e. The van der Waals surface area contributed by atoms with Gasteiger partial charge in [0.1, 0.15) is 0 Å². The molecule has 1 atom stereocenters. The summed E-state index contributed by atoms with van der Waals surface area (Å²) >= 11 is 1.66. The van der Waals surface area contributed by atoms with Crippen LogP contribution in [0.5, 0.6) is 0 Å². The molecule has 2 aliphatic rings. The van der Waals surface area contributed by atoms with Gasteiger partial charge in [0.2, 0.25) is 5.91 Å². The van der Waals surface area contributed by atoms with Gasteiger partial charge in [-0.25, -0.2) is 4.98 Å². The van der Waals surface area contributed by atoms with Crippen molar-refractivity contribution >= 4 is 28.1 Å². The number of anilines is 2. The largest absolute Gasteiger partial charge is 0.369 e. The lowest BCUT2D eigenvalue weighted by atomic mass is 9.93. The number of rotatable bonds is 4. The minimum Gasteiger partial charge on any atom is -0.369 e. The average Bonchev–Trinajstić information content (AvgIpc) is 3.04. The van der Waals surface area contributed by atoms with Gasteiger partial charge in [0.05, 0.1) is 12.2 Å². The van der Waals surface area contributed by atoms with E-state index in [1.54, 1.807) is 11.3 Å². The molecular weight excluding hydrogens is 344 g/mol. The number of hydrogen-bond donors (Lipinski definition) is 1. The number of hydrogen-bond acceptors (Lipinski definition) is 5. The first-order valence-corrected chi connectivity index (χ1v) is 10.3. The van der Waals surface area contributed by atoms with E-state index in [1.165, 1.54) is 22.7 Å². The normalized spacial score (nSPS) is 20.7. The van der Waals surface area contributed by atoms with E-state index < -0.39 is 0 Å².